The average molecular weight is 315 g/mol. The van der Waals surface area contributed by atoms with Crippen LogP contribution >= 0.6 is 12.4 Å². The number of anilines is 1. The van der Waals surface area contributed by atoms with Gasteiger partial charge in [-0.25, -0.2) is 4.39 Å². The van der Waals surface area contributed by atoms with Gasteiger partial charge in [0.15, 0.2) is 11.6 Å². The molecule has 2 fully saturated rings. The third-order valence-corrected chi connectivity index (χ3v) is 4.70. The number of halogens is 2. The molecule has 1 aromatic carbocycles. The number of nitrogens with one attached hydrogen (secondary N) is 1. The van der Waals surface area contributed by atoms with Crippen LogP contribution < -0.4 is 15.8 Å². The minimum Gasteiger partial charge on any atom is -0.494 e. The Labute approximate surface area is 129 Å². The number of hydrogen-bond donors (Lipinski definition) is 2. The van der Waals surface area contributed by atoms with E-state index < -0.39 is 5.82 Å². The Morgan fingerprint density at radius 2 is 2.10 bits per heavy atom. The molecule has 0 heterocycles. The standard InChI is InChI=1S/C15H19FN2O2.ClH/c1-20-12-7-10(4-5-11(12)16)18-15(19)13-8-2-3-9(6-8)14(13)17;/h4-5,7-9,13-14H,2-3,6,17H2,1H3,(H,18,19);1H. The van der Waals surface area contributed by atoms with Crippen LogP contribution in [0.3, 0.4) is 0 Å². The predicted octanol–water partition coefficient (Wildman–Crippen LogP) is 2.57. The van der Waals surface area contributed by atoms with E-state index >= 15 is 0 Å². The van der Waals surface area contributed by atoms with Crippen molar-refractivity contribution in [2.75, 3.05) is 12.4 Å². The van der Waals surface area contributed by atoms with Crippen LogP contribution in [0.4, 0.5) is 10.1 Å². The first-order chi connectivity index (χ1) is 9.60. The fourth-order valence-electron chi connectivity index (χ4n) is 3.69. The normalized spacial score (nSPS) is 29.9. The first-order valence-electron chi connectivity index (χ1n) is 7.00. The van der Waals surface area contributed by atoms with Crippen molar-refractivity contribution in [1.29, 1.82) is 0 Å². The lowest BCUT2D eigenvalue weighted by atomic mass is 9.84. The topological polar surface area (TPSA) is 64.3 Å². The summed E-state index contributed by atoms with van der Waals surface area (Å²) in [5.74, 6) is 0.390. The van der Waals surface area contributed by atoms with Crippen molar-refractivity contribution in [1.82, 2.24) is 0 Å². The van der Waals surface area contributed by atoms with E-state index in [9.17, 15) is 9.18 Å². The molecule has 0 radical (unpaired) electrons. The molecule has 2 saturated carbocycles. The number of nitrogens with two attached hydrogens (primary N) is 1. The Bertz CT molecular complexity index is 538. The number of rotatable bonds is 3. The highest BCUT2D eigenvalue weighted by Crippen LogP contribution is 2.47. The zero-order valence-electron chi connectivity index (χ0n) is 11.8. The van der Waals surface area contributed by atoms with E-state index in [1.54, 1.807) is 0 Å². The zero-order chi connectivity index (χ0) is 14.3. The Hall–Kier alpha value is -1.33. The molecule has 1 amide bonds. The molecule has 1 aromatic rings. The molecule has 0 spiro atoms. The van der Waals surface area contributed by atoms with Crippen LogP contribution in [0.5, 0.6) is 5.75 Å². The van der Waals surface area contributed by atoms with Gasteiger partial charge in [0.05, 0.1) is 13.0 Å². The summed E-state index contributed by atoms with van der Waals surface area (Å²) in [6, 6.07) is 4.27. The summed E-state index contributed by atoms with van der Waals surface area (Å²) in [5.41, 5.74) is 6.70. The number of carbonyl (C=O) groups is 1. The van der Waals surface area contributed by atoms with Crippen LogP contribution in [-0.2, 0) is 4.79 Å². The van der Waals surface area contributed by atoms with Crippen LogP contribution in [0, 0.1) is 23.6 Å². The quantitative estimate of drug-likeness (QED) is 0.901. The van der Waals surface area contributed by atoms with Crippen LogP contribution in [0.15, 0.2) is 18.2 Å². The van der Waals surface area contributed by atoms with E-state index in [-0.39, 0.29) is 36.0 Å². The molecule has 21 heavy (non-hydrogen) atoms. The Morgan fingerprint density at radius 3 is 2.71 bits per heavy atom. The van der Waals surface area contributed by atoms with Gasteiger partial charge in [-0.3, -0.25) is 4.79 Å². The molecule has 116 valence electrons. The Morgan fingerprint density at radius 1 is 1.38 bits per heavy atom. The fourth-order valence-corrected chi connectivity index (χ4v) is 3.69. The summed E-state index contributed by atoms with van der Waals surface area (Å²) >= 11 is 0. The molecule has 0 aliphatic heterocycles. The highest BCUT2D eigenvalue weighted by atomic mass is 35.5. The maximum atomic E-state index is 13.3. The van der Waals surface area contributed by atoms with Crippen LogP contribution in [0.1, 0.15) is 19.3 Å². The third kappa shape index (κ3) is 2.85. The number of amides is 1. The van der Waals surface area contributed by atoms with E-state index in [2.05, 4.69) is 5.32 Å². The van der Waals surface area contributed by atoms with E-state index in [0.717, 1.165) is 19.3 Å². The maximum Gasteiger partial charge on any atom is 0.229 e. The van der Waals surface area contributed by atoms with E-state index in [4.69, 9.17) is 10.5 Å². The molecule has 2 aliphatic rings. The molecular formula is C15H20ClFN2O2. The molecule has 0 saturated heterocycles. The molecule has 2 aliphatic carbocycles. The summed E-state index contributed by atoms with van der Waals surface area (Å²) in [7, 11) is 1.40. The smallest absolute Gasteiger partial charge is 0.229 e. The number of carbonyl (C=O) groups excluding carboxylic acids is 1. The van der Waals surface area contributed by atoms with Crippen molar-refractivity contribution in [3.05, 3.63) is 24.0 Å². The van der Waals surface area contributed by atoms with Gasteiger partial charge in [0.25, 0.3) is 0 Å². The van der Waals surface area contributed by atoms with Crippen LogP contribution in [0.2, 0.25) is 0 Å². The maximum absolute atomic E-state index is 13.3. The molecule has 0 aromatic heterocycles. The van der Waals surface area contributed by atoms with Gasteiger partial charge >= 0.3 is 0 Å². The number of ether oxygens (including phenoxy) is 1. The average Bonchev–Trinajstić information content (AvgIpc) is 3.01. The minimum atomic E-state index is -0.442. The monoisotopic (exact) mass is 314 g/mol. The molecule has 4 atom stereocenters. The van der Waals surface area contributed by atoms with Crippen molar-refractivity contribution in [2.45, 2.75) is 25.3 Å². The first-order valence-corrected chi connectivity index (χ1v) is 7.00. The van der Waals surface area contributed by atoms with Crippen molar-refractivity contribution < 1.29 is 13.9 Å². The second-order valence-corrected chi connectivity index (χ2v) is 5.77. The largest absolute Gasteiger partial charge is 0.494 e. The number of benzene rings is 1. The van der Waals surface area contributed by atoms with Gasteiger partial charge < -0.3 is 15.8 Å². The number of hydrogen-bond acceptors (Lipinski definition) is 3. The molecule has 2 bridgehead atoms. The number of fused-ring (bicyclic) bond motifs is 2. The minimum absolute atomic E-state index is 0. The zero-order valence-corrected chi connectivity index (χ0v) is 12.7. The predicted molar refractivity (Wildman–Crippen MR) is 81.1 cm³/mol. The van der Waals surface area contributed by atoms with Gasteiger partial charge in [0, 0.05) is 17.8 Å². The van der Waals surface area contributed by atoms with Crippen LogP contribution in [-0.4, -0.2) is 19.1 Å². The van der Waals surface area contributed by atoms with Crippen molar-refractivity contribution >= 4 is 24.0 Å². The second kappa shape index (κ2) is 6.20. The van der Waals surface area contributed by atoms with Gasteiger partial charge in [0.2, 0.25) is 5.91 Å². The molecule has 3 rings (SSSR count). The summed E-state index contributed by atoms with van der Waals surface area (Å²) in [6.45, 7) is 0. The van der Waals surface area contributed by atoms with E-state index in [1.165, 1.54) is 25.3 Å². The lowest BCUT2D eigenvalue weighted by Crippen LogP contribution is -2.42. The van der Waals surface area contributed by atoms with Gasteiger partial charge in [-0.1, -0.05) is 0 Å². The summed E-state index contributed by atoms with van der Waals surface area (Å²) in [6.07, 6.45) is 3.29. The highest BCUT2D eigenvalue weighted by Gasteiger charge is 2.49. The molecule has 4 nitrogen and oxygen atoms in total. The van der Waals surface area contributed by atoms with Crippen molar-refractivity contribution in [3.8, 4) is 5.75 Å². The molecule has 4 unspecified atom stereocenters. The lowest BCUT2D eigenvalue weighted by Gasteiger charge is -2.27. The second-order valence-electron chi connectivity index (χ2n) is 5.77. The summed E-state index contributed by atoms with van der Waals surface area (Å²) in [5, 5.41) is 2.84. The van der Waals surface area contributed by atoms with Gasteiger partial charge in [0.1, 0.15) is 0 Å². The van der Waals surface area contributed by atoms with Crippen molar-refractivity contribution in [3.63, 3.8) is 0 Å². The molecule has 6 heteroatoms. The number of methoxy groups -OCH3 is 1. The summed E-state index contributed by atoms with van der Waals surface area (Å²) < 4.78 is 18.2. The van der Waals surface area contributed by atoms with Gasteiger partial charge in [-0.05, 0) is 43.2 Å². The fraction of sp³-hybridized carbons (Fsp3) is 0.533. The van der Waals surface area contributed by atoms with E-state index in [0.29, 0.717) is 17.5 Å². The Balaban J connectivity index is 0.00000161. The van der Waals surface area contributed by atoms with E-state index in [1.807, 2.05) is 0 Å². The lowest BCUT2D eigenvalue weighted by molar-refractivity contribution is -0.121. The van der Waals surface area contributed by atoms with Gasteiger partial charge in [-0.2, -0.15) is 0 Å². The SMILES string of the molecule is COc1cc(NC(=O)C2C3CCC(C3)C2N)ccc1F.Cl. The third-order valence-electron chi connectivity index (χ3n) is 4.70. The first kappa shape index (κ1) is 16.0. The van der Waals surface area contributed by atoms with Crippen LogP contribution in [0.25, 0.3) is 0 Å². The summed E-state index contributed by atoms with van der Waals surface area (Å²) in [4.78, 5) is 12.4. The highest BCUT2D eigenvalue weighted by molar-refractivity contribution is 5.93. The Kier molecular flexibility index (Phi) is 4.74. The van der Waals surface area contributed by atoms with Gasteiger partial charge in [-0.15, -0.1) is 12.4 Å². The van der Waals surface area contributed by atoms with Crippen molar-refractivity contribution in [2.24, 2.45) is 23.5 Å². The molecule has 3 N–H and O–H groups in total. The molecular weight excluding hydrogens is 295 g/mol.